The number of aliphatic hydroxyl groups is 3. The summed E-state index contributed by atoms with van der Waals surface area (Å²) in [6.45, 7) is -0.872. The number of ether oxygens (including phenoxy) is 3. The van der Waals surface area contributed by atoms with Crippen LogP contribution in [0.2, 0.25) is 0 Å². The monoisotopic (exact) mass is 499 g/mol. The van der Waals surface area contributed by atoms with Gasteiger partial charge in [-0.2, -0.15) is 13.2 Å². The lowest BCUT2D eigenvalue weighted by atomic mass is 9.84. The molecule has 1 amide bonds. The molecular weight excluding hydrogens is 471 g/mol. The molecule has 1 saturated carbocycles. The van der Waals surface area contributed by atoms with Gasteiger partial charge in [-0.25, -0.2) is 0 Å². The first-order valence-corrected chi connectivity index (χ1v) is 11.0. The molecule has 3 rings (SSSR count). The standard InChI is InChI=1S/C24H28F3NO7/c25-24(26,27)23(32)28-11-12-33-22-19(31)20(34-13-15-7-3-1-4-8-15)17(29)18(30)21(22)35-14-16-9-5-2-6-10-16/h1-10,17-22,29-31H,11-14H2,(H,28,32)/t17-,18-,19-,20+,21+,22-/m1/s1. The molecule has 11 heteroatoms. The van der Waals surface area contributed by atoms with Crippen LogP contribution in [0.3, 0.4) is 0 Å². The highest BCUT2D eigenvalue weighted by atomic mass is 19.4. The van der Waals surface area contributed by atoms with Crippen molar-refractivity contribution in [1.29, 1.82) is 0 Å². The maximum atomic E-state index is 12.4. The minimum atomic E-state index is -5.04. The number of hydrogen-bond donors (Lipinski definition) is 4. The summed E-state index contributed by atoms with van der Waals surface area (Å²) in [5.41, 5.74) is 1.51. The van der Waals surface area contributed by atoms with Crippen molar-refractivity contribution in [2.75, 3.05) is 13.2 Å². The molecule has 1 fully saturated rings. The number of carbonyl (C=O) groups excluding carboxylic acids is 1. The average molecular weight is 499 g/mol. The van der Waals surface area contributed by atoms with E-state index in [1.165, 1.54) is 0 Å². The zero-order valence-electron chi connectivity index (χ0n) is 18.7. The molecule has 192 valence electrons. The largest absolute Gasteiger partial charge is 0.471 e. The van der Waals surface area contributed by atoms with Gasteiger partial charge in [0.25, 0.3) is 0 Å². The molecule has 0 spiro atoms. The number of rotatable bonds is 10. The van der Waals surface area contributed by atoms with Crippen molar-refractivity contribution in [3.63, 3.8) is 0 Å². The molecule has 6 atom stereocenters. The molecule has 0 bridgehead atoms. The summed E-state index contributed by atoms with van der Waals surface area (Å²) >= 11 is 0. The minimum Gasteiger partial charge on any atom is -0.387 e. The highest BCUT2D eigenvalue weighted by Crippen LogP contribution is 2.29. The third kappa shape index (κ3) is 7.47. The summed E-state index contributed by atoms with van der Waals surface area (Å²) < 4.78 is 54.2. The van der Waals surface area contributed by atoms with Gasteiger partial charge in [0.1, 0.15) is 36.6 Å². The molecule has 1 aliphatic rings. The Morgan fingerprint density at radius 1 is 0.743 bits per heavy atom. The van der Waals surface area contributed by atoms with Gasteiger partial charge in [-0.3, -0.25) is 4.79 Å². The number of benzene rings is 2. The van der Waals surface area contributed by atoms with Gasteiger partial charge >= 0.3 is 12.1 Å². The van der Waals surface area contributed by atoms with Crippen molar-refractivity contribution in [2.45, 2.75) is 56.0 Å². The van der Waals surface area contributed by atoms with Crippen molar-refractivity contribution in [3.05, 3.63) is 71.8 Å². The first-order chi connectivity index (χ1) is 16.7. The lowest BCUT2D eigenvalue weighted by Crippen LogP contribution is -2.65. The summed E-state index contributed by atoms with van der Waals surface area (Å²) in [7, 11) is 0. The normalized spacial score (nSPS) is 26.9. The minimum absolute atomic E-state index is 0.0161. The SMILES string of the molecule is O=C(NCCO[C@@H]1[C@H](O)[C@@H](OCc2ccccc2)[C@H](O)[C@@H](O)[C@@H]1OCc1ccccc1)C(F)(F)F. The maximum absolute atomic E-state index is 12.4. The Morgan fingerprint density at radius 2 is 1.20 bits per heavy atom. The van der Waals surface area contributed by atoms with E-state index in [0.717, 1.165) is 11.1 Å². The van der Waals surface area contributed by atoms with E-state index in [-0.39, 0.29) is 13.2 Å². The van der Waals surface area contributed by atoms with Crippen molar-refractivity contribution < 1.29 is 47.5 Å². The van der Waals surface area contributed by atoms with Gasteiger partial charge < -0.3 is 34.8 Å². The van der Waals surface area contributed by atoms with Crippen LogP contribution >= 0.6 is 0 Å². The molecular formula is C24H28F3NO7. The summed E-state index contributed by atoms with van der Waals surface area (Å²) in [5, 5.41) is 34.0. The highest BCUT2D eigenvalue weighted by molar-refractivity contribution is 5.81. The number of alkyl halides is 3. The van der Waals surface area contributed by atoms with Gasteiger partial charge in [0.15, 0.2) is 0 Å². The maximum Gasteiger partial charge on any atom is 0.471 e. The van der Waals surface area contributed by atoms with Gasteiger partial charge in [0.05, 0.1) is 19.8 Å². The zero-order valence-corrected chi connectivity index (χ0v) is 18.7. The fourth-order valence-corrected chi connectivity index (χ4v) is 3.74. The first kappa shape index (κ1) is 27.1. The Balaban J connectivity index is 1.68. The van der Waals surface area contributed by atoms with Gasteiger partial charge in [0.2, 0.25) is 0 Å². The summed E-state index contributed by atoms with van der Waals surface area (Å²) in [4.78, 5) is 11.0. The molecule has 35 heavy (non-hydrogen) atoms. The molecule has 2 aromatic rings. The van der Waals surface area contributed by atoms with E-state index < -0.39 is 61.9 Å². The predicted octanol–water partition coefficient (Wildman–Crippen LogP) is 1.32. The quantitative estimate of drug-likeness (QED) is 0.364. The second-order valence-electron chi connectivity index (χ2n) is 8.08. The Labute approximate surface area is 200 Å². The van der Waals surface area contributed by atoms with Crippen LogP contribution in [0.25, 0.3) is 0 Å². The van der Waals surface area contributed by atoms with Crippen molar-refractivity contribution in [1.82, 2.24) is 5.32 Å². The first-order valence-electron chi connectivity index (χ1n) is 11.0. The van der Waals surface area contributed by atoms with E-state index in [0.29, 0.717) is 0 Å². The summed E-state index contributed by atoms with van der Waals surface area (Å²) in [5.74, 6) is -2.12. The number of amides is 1. The Morgan fingerprint density at radius 3 is 1.71 bits per heavy atom. The zero-order chi connectivity index (χ0) is 25.4. The molecule has 0 aromatic heterocycles. The predicted molar refractivity (Wildman–Crippen MR) is 117 cm³/mol. The fraction of sp³-hybridized carbons (Fsp3) is 0.458. The van der Waals surface area contributed by atoms with E-state index >= 15 is 0 Å². The molecule has 0 heterocycles. The van der Waals surface area contributed by atoms with Gasteiger partial charge in [-0.15, -0.1) is 0 Å². The number of aliphatic hydroxyl groups excluding tert-OH is 3. The van der Waals surface area contributed by atoms with Gasteiger partial charge in [-0.1, -0.05) is 60.7 Å². The van der Waals surface area contributed by atoms with Crippen LogP contribution in [0.5, 0.6) is 0 Å². The van der Waals surface area contributed by atoms with Gasteiger partial charge in [0, 0.05) is 6.54 Å². The van der Waals surface area contributed by atoms with Crippen LogP contribution in [0.1, 0.15) is 11.1 Å². The average Bonchev–Trinajstić information content (AvgIpc) is 2.84. The Hall–Kier alpha value is -2.54. The smallest absolute Gasteiger partial charge is 0.387 e. The second kappa shape index (κ2) is 12.4. The van der Waals surface area contributed by atoms with Crippen molar-refractivity contribution in [2.24, 2.45) is 0 Å². The lowest BCUT2D eigenvalue weighted by molar-refractivity contribution is -0.259. The molecule has 0 radical (unpaired) electrons. The van der Waals surface area contributed by atoms with Crippen LogP contribution in [0.15, 0.2) is 60.7 Å². The molecule has 0 unspecified atom stereocenters. The van der Waals surface area contributed by atoms with E-state index in [1.807, 2.05) is 12.1 Å². The summed E-state index contributed by atoms with van der Waals surface area (Å²) in [6.07, 6.45) is -13.3. The molecule has 1 aliphatic carbocycles. The Bertz CT molecular complexity index is 916. The van der Waals surface area contributed by atoms with E-state index in [1.54, 1.807) is 53.8 Å². The van der Waals surface area contributed by atoms with Gasteiger partial charge in [-0.05, 0) is 11.1 Å². The van der Waals surface area contributed by atoms with E-state index in [4.69, 9.17) is 14.2 Å². The number of carbonyl (C=O) groups is 1. The van der Waals surface area contributed by atoms with Crippen molar-refractivity contribution >= 4 is 5.91 Å². The lowest BCUT2D eigenvalue weighted by Gasteiger charge is -2.45. The van der Waals surface area contributed by atoms with Crippen LogP contribution in [0, 0.1) is 0 Å². The number of hydrogen-bond acceptors (Lipinski definition) is 7. The van der Waals surface area contributed by atoms with Crippen LogP contribution < -0.4 is 5.32 Å². The molecule has 0 aliphatic heterocycles. The number of nitrogens with one attached hydrogen (secondary N) is 1. The van der Waals surface area contributed by atoms with Crippen LogP contribution in [-0.4, -0.2) is 77.2 Å². The third-order valence-corrected chi connectivity index (χ3v) is 5.55. The highest BCUT2D eigenvalue weighted by Gasteiger charge is 2.51. The second-order valence-corrected chi connectivity index (χ2v) is 8.08. The molecule has 2 aromatic carbocycles. The number of halogens is 3. The Kier molecular flexibility index (Phi) is 9.61. The third-order valence-electron chi connectivity index (χ3n) is 5.55. The molecule has 0 saturated heterocycles. The van der Waals surface area contributed by atoms with Crippen LogP contribution in [-0.2, 0) is 32.2 Å². The van der Waals surface area contributed by atoms with Crippen LogP contribution in [0.4, 0.5) is 13.2 Å². The van der Waals surface area contributed by atoms with E-state index in [9.17, 15) is 33.3 Å². The van der Waals surface area contributed by atoms with Crippen molar-refractivity contribution in [3.8, 4) is 0 Å². The summed E-state index contributed by atoms with van der Waals surface area (Å²) in [6, 6.07) is 17.9. The topological polar surface area (TPSA) is 117 Å². The molecule has 8 nitrogen and oxygen atoms in total. The molecule has 4 N–H and O–H groups in total. The van der Waals surface area contributed by atoms with E-state index in [2.05, 4.69) is 0 Å². The fourth-order valence-electron chi connectivity index (χ4n) is 3.74.